The largest absolute Gasteiger partial charge is 0.301 e. The minimum Gasteiger partial charge on any atom is -0.301 e. The first-order valence-corrected chi connectivity index (χ1v) is 5.61. The van der Waals surface area contributed by atoms with E-state index < -0.39 is 0 Å². The van der Waals surface area contributed by atoms with E-state index in [0.29, 0.717) is 6.17 Å². The van der Waals surface area contributed by atoms with E-state index in [0.717, 1.165) is 0 Å². The van der Waals surface area contributed by atoms with Crippen LogP contribution in [0.4, 0.5) is 0 Å². The lowest BCUT2D eigenvalue weighted by atomic mass is 10.1. The first-order chi connectivity index (χ1) is 7.19. The third kappa shape index (κ3) is 3.33. The highest BCUT2D eigenvalue weighted by atomic mass is 15.2. The summed E-state index contributed by atoms with van der Waals surface area (Å²) < 4.78 is 0. The maximum Gasteiger partial charge on any atom is 0.0853 e. The number of benzene rings is 1. The standard InChI is InChI=1S/C13H22N2/c1-5-6-11-7-9-12(10-8-11)13(14-2)15(3)4/h7-10,13-14H,5-6H2,1-4H3. The molecular formula is C13H22N2. The van der Waals surface area contributed by atoms with Gasteiger partial charge in [-0.15, -0.1) is 0 Å². The van der Waals surface area contributed by atoms with Crippen LogP contribution in [0.1, 0.15) is 30.6 Å². The van der Waals surface area contributed by atoms with Crippen molar-refractivity contribution in [1.82, 2.24) is 10.2 Å². The van der Waals surface area contributed by atoms with Gasteiger partial charge in [0.15, 0.2) is 0 Å². The predicted octanol–water partition coefficient (Wildman–Crippen LogP) is 2.42. The summed E-state index contributed by atoms with van der Waals surface area (Å²) in [6, 6.07) is 8.89. The normalized spacial score (nSPS) is 13.1. The first-order valence-electron chi connectivity index (χ1n) is 5.61. The van der Waals surface area contributed by atoms with Crippen molar-refractivity contribution in [3.05, 3.63) is 35.4 Å². The summed E-state index contributed by atoms with van der Waals surface area (Å²) in [5, 5.41) is 3.30. The molecule has 0 spiro atoms. The summed E-state index contributed by atoms with van der Waals surface area (Å²) in [7, 11) is 6.16. The van der Waals surface area contributed by atoms with E-state index in [2.05, 4.69) is 55.5 Å². The van der Waals surface area contributed by atoms with Gasteiger partial charge in [0.05, 0.1) is 6.17 Å². The molecule has 1 rings (SSSR count). The van der Waals surface area contributed by atoms with Gasteiger partial charge in [-0.25, -0.2) is 0 Å². The molecule has 0 aliphatic rings. The Kier molecular flexibility index (Phi) is 4.79. The van der Waals surface area contributed by atoms with Crippen LogP contribution in [0.3, 0.4) is 0 Å². The average Bonchev–Trinajstić information content (AvgIpc) is 2.21. The van der Waals surface area contributed by atoms with Crippen LogP contribution in [0.15, 0.2) is 24.3 Å². The van der Waals surface area contributed by atoms with Crippen molar-refractivity contribution in [2.75, 3.05) is 21.1 Å². The molecule has 1 aromatic rings. The number of hydrogen-bond acceptors (Lipinski definition) is 2. The molecule has 0 radical (unpaired) electrons. The first kappa shape index (κ1) is 12.2. The minimum absolute atomic E-state index is 0.306. The summed E-state index contributed by atoms with van der Waals surface area (Å²) in [6.45, 7) is 2.21. The molecular weight excluding hydrogens is 184 g/mol. The lowest BCUT2D eigenvalue weighted by Crippen LogP contribution is -2.30. The predicted molar refractivity (Wildman–Crippen MR) is 65.9 cm³/mol. The average molecular weight is 206 g/mol. The van der Waals surface area contributed by atoms with Gasteiger partial charge in [0.2, 0.25) is 0 Å². The van der Waals surface area contributed by atoms with E-state index in [1.54, 1.807) is 0 Å². The molecule has 0 aliphatic carbocycles. The molecule has 0 amide bonds. The number of rotatable bonds is 5. The highest BCUT2D eigenvalue weighted by molar-refractivity contribution is 5.24. The lowest BCUT2D eigenvalue weighted by Gasteiger charge is -2.24. The molecule has 0 saturated carbocycles. The Morgan fingerprint density at radius 2 is 1.80 bits per heavy atom. The second-order valence-electron chi connectivity index (χ2n) is 4.15. The van der Waals surface area contributed by atoms with Gasteiger partial charge in [0.1, 0.15) is 0 Å². The Labute approximate surface area is 93.3 Å². The molecule has 84 valence electrons. The molecule has 1 aromatic carbocycles. The van der Waals surface area contributed by atoms with Crippen molar-refractivity contribution >= 4 is 0 Å². The number of nitrogens with one attached hydrogen (secondary N) is 1. The van der Waals surface area contributed by atoms with Crippen LogP contribution in [0.5, 0.6) is 0 Å². The van der Waals surface area contributed by atoms with Crippen molar-refractivity contribution in [3.8, 4) is 0 Å². The van der Waals surface area contributed by atoms with Crippen molar-refractivity contribution in [1.29, 1.82) is 0 Å². The highest BCUT2D eigenvalue weighted by Crippen LogP contribution is 2.15. The van der Waals surface area contributed by atoms with E-state index in [1.165, 1.54) is 24.0 Å². The molecule has 2 nitrogen and oxygen atoms in total. The zero-order chi connectivity index (χ0) is 11.3. The SMILES string of the molecule is CCCc1ccc(C(NC)N(C)C)cc1. The quantitative estimate of drug-likeness (QED) is 0.744. The second kappa shape index (κ2) is 5.89. The van der Waals surface area contributed by atoms with Gasteiger partial charge in [-0.3, -0.25) is 4.90 Å². The monoisotopic (exact) mass is 206 g/mol. The van der Waals surface area contributed by atoms with Crippen LogP contribution in [-0.2, 0) is 6.42 Å². The molecule has 1 N–H and O–H groups in total. The molecule has 0 saturated heterocycles. The van der Waals surface area contributed by atoms with Crippen LogP contribution >= 0.6 is 0 Å². The Balaban J connectivity index is 2.77. The molecule has 0 bridgehead atoms. The fourth-order valence-corrected chi connectivity index (χ4v) is 1.88. The van der Waals surface area contributed by atoms with E-state index in [9.17, 15) is 0 Å². The third-order valence-corrected chi connectivity index (χ3v) is 2.62. The smallest absolute Gasteiger partial charge is 0.0853 e. The van der Waals surface area contributed by atoms with Crippen LogP contribution in [0.2, 0.25) is 0 Å². The second-order valence-corrected chi connectivity index (χ2v) is 4.15. The van der Waals surface area contributed by atoms with Gasteiger partial charge in [0.25, 0.3) is 0 Å². The fourth-order valence-electron chi connectivity index (χ4n) is 1.88. The maximum absolute atomic E-state index is 3.30. The van der Waals surface area contributed by atoms with Gasteiger partial charge in [-0.1, -0.05) is 37.6 Å². The van der Waals surface area contributed by atoms with Crippen molar-refractivity contribution in [3.63, 3.8) is 0 Å². The number of hydrogen-bond donors (Lipinski definition) is 1. The molecule has 1 atom stereocenters. The maximum atomic E-state index is 3.30. The Bertz CT molecular complexity index is 277. The molecule has 0 aliphatic heterocycles. The van der Waals surface area contributed by atoms with E-state index in [4.69, 9.17) is 0 Å². The molecule has 2 heteroatoms. The zero-order valence-corrected chi connectivity index (χ0v) is 10.2. The van der Waals surface area contributed by atoms with E-state index in [1.807, 2.05) is 7.05 Å². The Morgan fingerprint density at radius 1 is 1.20 bits per heavy atom. The zero-order valence-electron chi connectivity index (χ0n) is 10.2. The molecule has 15 heavy (non-hydrogen) atoms. The molecule has 0 fully saturated rings. The van der Waals surface area contributed by atoms with Gasteiger partial charge in [-0.05, 0) is 38.7 Å². The summed E-state index contributed by atoms with van der Waals surface area (Å²) in [5.41, 5.74) is 2.75. The number of aryl methyl sites for hydroxylation is 1. The van der Waals surface area contributed by atoms with Crippen molar-refractivity contribution < 1.29 is 0 Å². The van der Waals surface area contributed by atoms with E-state index in [-0.39, 0.29) is 0 Å². The van der Waals surface area contributed by atoms with Gasteiger partial charge < -0.3 is 5.32 Å². The Hall–Kier alpha value is -0.860. The minimum atomic E-state index is 0.306. The van der Waals surface area contributed by atoms with Crippen molar-refractivity contribution in [2.24, 2.45) is 0 Å². The van der Waals surface area contributed by atoms with Gasteiger partial charge in [0, 0.05) is 0 Å². The van der Waals surface area contributed by atoms with Gasteiger partial charge >= 0.3 is 0 Å². The summed E-state index contributed by atoms with van der Waals surface area (Å²) in [4.78, 5) is 2.18. The lowest BCUT2D eigenvalue weighted by molar-refractivity contribution is 0.264. The summed E-state index contributed by atoms with van der Waals surface area (Å²) in [5.74, 6) is 0. The van der Waals surface area contributed by atoms with E-state index >= 15 is 0 Å². The number of nitrogens with zero attached hydrogens (tertiary/aromatic N) is 1. The van der Waals surface area contributed by atoms with Crippen LogP contribution in [-0.4, -0.2) is 26.0 Å². The van der Waals surface area contributed by atoms with Crippen LogP contribution in [0, 0.1) is 0 Å². The molecule has 1 unspecified atom stereocenters. The summed E-state index contributed by atoms with van der Waals surface area (Å²) in [6.07, 6.45) is 2.69. The third-order valence-electron chi connectivity index (χ3n) is 2.62. The van der Waals surface area contributed by atoms with Crippen LogP contribution < -0.4 is 5.32 Å². The van der Waals surface area contributed by atoms with Crippen molar-refractivity contribution in [2.45, 2.75) is 25.9 Å². The molecule has 0 aromatic heterocycles. The Morgan fingerprint density at radius 3 is 2.20 bits per heavy atom. The fraction of sp³-hybridized carbons (Fsp3) is 0.538. The topological polar surface area (TPSA) is 15.3 Å². The van der Waals surface area contributed by atoms with Gasteiger partial charge in [-0.2, -0.15) is 0 Å². The molecule has 0 heterocycles. The summed E-state index contributed by atoms with van der Waals surface area (Å²) >= 11 is 0. The van der Waals surface area contributed by atoms with Crippen LogP contribution in [0.25, 0.3) is 0 Å². The highest BCUT2D eigenvalue weighted by Gasteiger charge is 2.10.